The molecule has 0 aliphatic heterocycles. The average molecular weight is 304 g/mol. The maximum absolute atomic E-state index is 11.6. The summed E-state index contributed by atoms with van der Waals surface area (Å²) in [6.07, 6.45) is 1.04. The molecule has 0 saturated carbocycles. The number of rotatable bonds is 5. The van der Waals surface area contributed by atoms with Crippen molar-refractivity contribution in [1.82, 2.24) is 4.72 Å². The van der Waals surface area contributed by atoms with E-state index in [0.29, 0.717) is 4.34 Å². The van der Waals surface area contributed by atoms with Gasteiger partial charge in [-0.3, -0.25) is 0 Å². The zero-order chi connectivity index (χ0) is 12.4. The fourth-order valence-electron chi connectivity index (χ4n) is 0.875. The van der Waals surface area contributed by atoms with E-state index in [1.807, 2.05) is 0 Å². The highest BCUT2D eigenvalue weighted by Crippen LogP contribution is 2.25. The molecule has 0 aromatic carbocycles. The fraction of sp³-hybridized carbons (Fsp3) is 0.429. The van der Waals surface area contributed by atoms with E-state index in [-0.39, 0.29) is 16.5 Å². The summed E-state index contributed by atoms with van der Waals surface area (Å²) in [4.78, 5) is 0. The maximum atomic E-state index is 11.6. The largest absolute Gasteiger partial charge is 0.250 e. The third-order valence-corrected chi connectivity index (χ3v) is 5.71. The van der Waals surface area contributed by atoms with Gasteiger partial charge in [0.05, 0.1) is 10.1 Å². The lowest BCUT2D eigenvalue weighted by molar-refractivity contribution is 0.584. The Labute approximate surface area is 103 Å². The van der Waals surface area contributed by atoms with Crippen LogP contribution in [-0.2, 0) is 19.9 Å². The van der Waals surface area contributed by atoms with Crippen molar-refractivity contribution < 1.29 is 16.8 Å². The van der Waals surface area contributed by atoms with Crippen molar-refractivity contribution in [1.29, 1.82) is 0 Å². The van der Waals surface area contributed by atoms with Crippen LogP contribution in [0.3, 0.4) is 0 Å². The molecule has 0 radical (unpaired) electrons. The normalized spacial score (nSPS) is 12.9. The van der Waals surface area contributed by atoms with E-state index in [1.165, 1.54) is 12.1 Å². The molecule has 0 amide bonds. The molecule has 92 valence electrons. The minimum Gasteiger partial charge on any atom is -0.229 e. The lowest BCUT2D eigenvalue weighted by Crippen LogP contribution is -2.28. The van der Waals surface area contributed by atoms with E-state index < -0.39 is 19.9 Å². The van der Waals surface area contributed by atoms with E-state index >= 15 is 0 Å². The number of sulfone groups is 1. The van der Waals surface area contributed by atoms with E-state index in [9.17, 15) is 16.8 Å². The molecule has 0 fully saturated rings. The summed E-state index contributed by atoms with van der Waals surface area (Å²) in [6, 6.07) is 2.84. The standard InChI is InChI=1S/C7H10ClNO4S3/c1-15(10,11)5-4-9-16(12,13)7-3-2-6(8)14-7/h2-3,9H,4-5H2,1H3. The number of hydrogen-bond acceptors (Lipinski definition) is 5. The summed E-state index contributed by atoms with van der Waals surface area (Å²) in [6.45, 7) is -0.142. The minimum absolute atomic E-state index is 0.0750. The van der Waals surface area contributed by atoms with Crippen molar-refractivity contribution in [2.75, 3.05) is 18.6 Å². The van der Waals surface area contributed by atoms with Gasteiger partial charge in [0.1, 0.15) is 14.0 Å². The van der Waals surface area contributed by atoms with Gasteiger partial charge in [-0.15, -0.1) is 11.3 Å². The smallest absolute Gasteiger partial charge is 0.229 e. The van der Waals surface area contributed by atoms with Gasteiger partial charge in [-0.2, -0.15) is 0 Å². The van der Waals surface area contributed by atoms with Gasteiger partial charge in [-0.05, 0) is 12.1 Å². The van der Waals surface area contributed by atoms with Gasteiger partial charge in [0.25, 0.3) is 0 Å². The second-order valence-corrected chi connectivity index (χ2v) is 9.05. The van der Waals surface area contributed by atoms with Crippen LogP contribution in [0, 0.1) is 0 Å². The third-order valence-electron chi connectivity index (χ3n) is 1.58. The van der Waals surface area contributed by atoms with Crippen LogP contribution < -0.4 is 4.72 Å². The Morgan fingerprint density at radius 2 is 1.94 bits per heavy atom. The van der Waals surface area contributed by atoms with E-state index in [4.69, 9.17) is 11.6 Å². The van der Waals surface area contributed by atoms with Crippen molar-refractivity contribution in [3.8, 4) is 0 Å². The van der Waals surface area contributed by atoms with Crippen LogP contribution in [0.15, 0.2) is 16.3 Å². The molecular formula is C7H10ClNO4S3. The van der Waals surface area contributed by atoms with Crippen LogP contribution in [0.1, 0.15) is 0 Å². The molecule has 9 heteroatoms. The second kappa shape index (κ2) is 5.01. The first-order valence-corrected chi connectivity index (χ1v) is 8.87. The lowest BCUT2D eigenvalue weighted by Gasteiger charge is -2.03. The Morgan fingerprint density at radius 3 is 2.38 bits per heavy atom. The Hall–Kier alpha value is -0.150. The first-order chi connectivity index (χ1) is 7.21. The molecule has 1 heterocycles. The molecule has 1 rings (SSSR count). The molecule has 16 heavy (non-hydrogen) atoms. The predicted molar refractivity (Wildman–Crippen MR) is 64.2 cm³/mol. The first kappa shape index (κ1) is 13.9. The van der Waals surface area contributed by atoms with Gasteiger partial charge < -0.3 is 0 Å². The fourth-order valence-corrected chi connectivity index (χ4v) is 4.04. The first-order valence-electron chi connectivity index (χ1n) is 4.13. The summed E-state index contributed by atoms with van der Waals surface area (Å²) >= 11 is 6.52. The number of thiophene rings is 1. The number of nitrogens with one attached hydrogen (secondary N) is 1. The molecule has 1 N–H and O–H groups in total. The van der Waals surface area contributed by atoms with Crippen LogP contribution in [-0.4, -0.2) is 35.4 Å². The molecule has 0 aliphatic carbocycles. The molecule has 0 unspecified atom stereocenters. The van der Waals surface area contributed by atoms with Gasteiger partial charge in [0.15, 0.2) is 0 Å². The highest BCUT2D eigenvalue weighted by atomic mass is 35.5. The van der Waals surface area contributed by atoms with Crippen LogP contribution >= 0.6 is 22.9 Å². The molecule has 0 saturated heterocycles. The number of hydrogen-bond donors (Lipinski definition) is 1. The van der Waals surface area contributed by atoms with E-state index in [2.05, 4.69) is 4.72 Å². The molecule has 0 bridgehead atoms. The molecule has 1 aromatic heterocycles. The lowest BCUT2D eigenvalue weighted by atomic mass is 10.7. The van der Waals surface area contributed by atoms with Crippen molar-refractivity contribution >= 4 is 42.8 Å². The van der Waals surface area contributed by atoms with Crippen LogP contribution in [0.2, 0.25) is 4.34 Å². The predicted octanol–water partition coefficient (Wildman–Crippen LogP) is 0.724. The number of sulfonamides is 1. The number of halogens is 1. The quantitative estimate of drug-likeness (QED) is 0.869. The molecule has 0 atom stereocenters. The summed E-state index contributed by atoms with van der Waals surface area (Å²) in [5, 5.41) is 0. The van der Waals surface area contributed by atoms with Gasteiger partial charge in [0.2, 0.25) is 10.0 Å². The summed E-state index contributed by atoms with van der Waals surface area (Å²) in [7, 11) is -6.82. The van der Waals surface area contributed by atoms with Gasteiger partial charge in [-0.1, -0.05) is 11.6 Å². The van der Waals surface area contributed by atoms with Gasteiger partial charge >= 0.3 is 0 Å². The zero-order valence-electron chi connectivity index (χ0n) is 8.30. The average Bonchev–Trinajstić information content (AvgIpc) is 2.49. The van der Waals surface area contributed by atoms with Crippen LogP contribution in [0.25, 0.3) is 0 Å². The van der Waals surface area contributed by atoms with Gasteiger partial charge in [-0.25, -0.2) is 21.6 Å². The van der Waals surface area contributed by atoms with Crippen molar-refractivity contribution in [3.05, 3.63) is 16.5 Å². The van der Waals surface area contributed by atoms with Crippen molar-refractivity contribution in [2.24, 2.45) is 0 Å². The van der Waals surface area contributed by atoms with E-state index in [0.717, 1.165) is 17.6 Å². The molecular weight excluding hydrogens is 294 g/mol. The summed E-state index contributed by atoms with van der Waals surface area (Å²) < 4.78 is 47.4. The monoisotopic (exact) mass is 303 g/mol. The van der Waals surface area contributed by atoms with Gasteiger partial charge in [0, 0.05) is 12.8 Å². The molecule has 0 aliphatic rings. The Balaban J connectivity index is 2.67. The maximum Gasteiger partial charge on any atom is 0.250 e. The minimum atomic E-state index is -3.64. The zero-order valence-corrected chi connectivity index (χ0v) is 11.5. The van der Waals surface area contributed by atoms with Crippen molar-refractivity contribution in [2.45, 2.75) is 4.21 Å². The third kappa shape index (κ3) is 4.38. The van der Waals surface area contributed by atoms with Crippen LogP contribution in [0.5, 0.6) is 0 Å². The molecule has 1 aromatic rings. The Bertz CT molecular complexity index is 560. The SMILES string of the molecule is CS(=O)(=O)CCNS(=O)(=O)c1ccc(Cl)s1. The summed E-state index contributed by atoms with van der Waals surface area (Å²) in [5.41, 5.74) is 0. The Kier molecular flexibility index (Phi) is 4.35. The van der Waals surface area contributed by atoms with Crippen LogP contribution in [0.4, 0.5) is 0 Å². The topological polar surface area (TPSA) is 80.3 Å². The molecule has 5 nitrogen and oxygen atoms in total. The highest BCUT2D eigenvalue weighted by molar-refractivity contribution is 7.92. The summed E-state index contributed by atoms with van der Waals surface area (Å²) in [5.74, 6) is -0.231. The second-order valence-electron chi connectivity index (χ2n) is 3.09. The van der Waals surface area contributed by atoms with Crippen molar-refractivity contribution in [3.63, 3.8) is 0 Å². The Morgan fingerprint density at radius 1 is 1.31 bits per heavy atom. The van der Waals surface area contributed by atoms with E-state index in [1.54, 1.807) is 0 Å². The highest BCUT2D eigenvalue weighted by Gasteiger charge is 2.16. The molecule has 0 spiro atoms.